The van der Waals surface area contributed by atoms with Crippen molar-refractivity contribution in [1.82, 2.24) is 0 Å². The number of ether oxygens (including phenoxy) is 2. The van der Waals surface area contributed by atoms with E-state index in [9.17, 15) is 0 Å². The van der Waals surface area contributed by atoms with Crippen LogP contribution in [0.3, 0.4) is 0 Å². The van der Waals surface area contributed by atoms with E-state index in [0.717, 1.165) is 21.5 Å². The van der Waals surface area contributed by atoms with Crippen LogP contribution >= 0.6 is 27.5 Å². The molecule has 0 bridgehead atoms. The third kappa shape index (κ3) is 2.65. The van der Waals surface area contributed by atoms with Gasteiger partial charge in [-0.05, 0) is 28.1 Å². The van der Waals surface area contributed by atoms with Crippen LogP contribution < -0.4 is 9.47 Å². The topological polar surface area (TPSA) is 18.5 Å². The molecule has 1 aliphatic heterocycles. The van der Waals surface area contributed by atoms with Gasteiger partial charge in [-0.25, -0.2) is 0 Å². The van der Waals surface area contributed by atoms with Crippen molar-refractivity contribution < 1.29 is 9.47 Å². The molecular weight excluding hydrogens is 340 g/mol. The monoisotopic (exact) mass is 352 g/mol. The van der Waals surface area contributed by atoms with Crippen LogP contribution in [0, 0.1) is 0 Å². The largest absolute Gasteiger partial charge is 0.493 e. The summed E-state index contributed by atoms with van der Waals surface area (Å²) in [6, 6.07) is 14.0. The SMILES string of the molecule is ClCc1cccc(Br)c1OCC1COc2ccccc21. The van der Waals surface area contributed by atoms with E-state index in [1.165, 1.54) is 5.56 Å². The highest BCUT2D eigenvalue weighted by molar-refractivity contribution is 9.10. The zero-order valence-corrected chi connectivity index (χ0v) is 13.2. The van der Waals surface area contributed by atoms with Gasteiger partial charge in [0.25, 0.3) is 0 Å². The van der Waals surface area contributed by atoms with Crippen molar-refractivity contribution in [3.8, 4) is 11.5 Å². The van der Waals surface area contributed by atoms with E-state index in [1.54, 1.807) is 0 Å². The molecule has 4 heteroatoms. The average molecular weight is 354 g/mol. The molecule has 20 heavy (non-hydrogen) atoms. The van der Waals surface area contributed by atoms with E-state index >= 15 is 0 Å². The molecule has 0 saturated heterocycles. The summed E-state index contributed by atoms with van der Waals surface area (Å²) in [5.41, 5.74) is 2.21. The van der Waals surface area contributed by atoms with E-state index < -0.39 is 0 Å². The fourth-order valence-electron chi connectivity index (χ4n) is 2.37. The molecule has 0 spiro atoms. The van der Waals surface area contributed by atoms with Crippen LogP contribution in [-0.2, 0) is 5.88 Å². The molecule has 1 heterocycles. The zero-order valence-electron chi connectivity index (χ0n) is 10.8. The first-order valence-electron chi connectivity index (χ1n) is 6.47. The molecule has 0 saturated carbocycles. The van der Waals surface area contributed by atoms with Gasteiger partial charge in [-0.1, -0.05) is 30.3 Å². The maximum atomic E-state index is 5.99. The lowest BCUT2D eigenvalue weighted by atomic mass is 10.0. The highest BCUT2D eigenvalue weighted by Gasteiger charge is 2.24. The number of hydrogen-bond donors (Lipinski definition) is 0. The Morgan fingerprint density at radius 2 is 2.05 bits per heavy atom. The molecule has 0 aliphatic carbocycles. The molecule has 0 N–H and O–H groups in total. The fourth-order valence-corrected chi connectivity index (χ4v) is 3.10. The van der Waals surface area contributed by atoms with E-state index in [4.69, 9.17) is 21.1 Å². The van der Waals surface area contributed by atoms with Crippen molar-refractivity contribution >= 4 is 27.5 Å². The van der Waals surface area contributed by atoms with Crippen LogP contribution in [0.5, 0.6) is 11.5 Å². The second-order valence-electron chi connectivity index (χ2n) is 4.72. The minimum atomic E-state index is 0.265. The lowest BCUT2D eigenvalue weighted by molar-refractivity contribution is 0.246. The van der Waals surface area contributed by atoms with E-state index in [-0.39, 0.29) is 5.92 Å². The molecule has 1 unspecified atom stereocenters. The predicted molar refractivity (Wildman–Crippen MR) is 83.9 cm³/mol. The summed E-state index contributed by atoms with van der Waals surface area (Å²) < 4.78 is 12.6. The van der Waals surface area contributed by atoms with Crippen molar-refractivity contribution in [3.05, 3.63) is 58.1 Å². The molecule has 0 fully saturated rings. The second-order valence-corrected chi connectivity index (χ2v) is 5.84. The molecule has 2 aromatic carbocycles. The summed E-state index contributed by atoms with van der Waals surface area (Å²) in [6.07, 6.45) is 0. The minimum absolute atomic E-state index is 0.265. The third-order valence-electron chi connectivity index (χ3n) is 3.42. The predicted octanol–water partition coefficient (Wildman–Crippen LogP) is 4.74. The first-order valence-corrected chi connectivity index (χ1v) is 7.80. The van der Waals surface area contributed by atoms with E-state index in [2.05, 4.69) is 22.0 Å². The Bertz CT molecular complexity index is 615. The Morgan fingerprint density at radius 3 is 2.90 bits per heavy atom. The molecule has 1 atom stereocenters. The Kier molecular flexibility index (Phi) is 4.18. The van der Waals surface area contributed by atoms with Gasteiger partial charge >= 0.3 is 0 Å². The van der Waals surface area contributed by atoms with Crippen LogP contribution in [0.15, 0.2) is 46.9 Å². The van der Waals surface area contributed by atoms with Crippen LogP contribution in [0.4, 0.5) is 0 Å². The van der Waals surface area contributed by atoms with Crippen molar-refractivity contribution in [1.29, 1.82) is 0 Å². The van der Waals surface area contributed by atoms with Crippen molar-refractivity contribution in [2.75, 3.05) is 13.2 Å². The quantitative estimate of drug-likeness (QED) is 0.739. The number of hydrogen-bond acceptors (Lipinski definition) is 2. The zero-order chi connectivity index (χ0) is 13.9. The highest BCUT2D eigenvalue weighted by atomic mass is 79.9. The highest BCUT2D eigenvalue weighted by Crippen LogP contribution is 2.36. The van der Waals surface area contributed by atoms with Gasteiger partial charge in [-0.15, -0.1) is 11.6 Å². The summed E-state index contributed by atoms with van der Waals surface area (Å²) >= 11 is 9.47. The normalized spacial score (nSPS) is 16.6. The smallest absolute Gasteiger partial charge is 0.137 e. The van der Waals surface area contributed by atoms with E-state index in [0.29, 0.717) is 19.1 Å². The molecular formula is C16H14BrClO2. The van der Waals surface area contributed by atoms with Crippen LogP contribution in [0.25, 0.3) is 0 Å². The number of fused-ring (bicyclic) bond motifs is 1. The molecule has 3 rings (SSSR count). The van der Waals surface area contributed by atoms with Crippen LogP contribution in [-0.4, -0.2) is 13.2 Å². The molecule has 104 valence electrons. The van der Waals surface area contributed by atoms with Crippen molar-refractivity contribution in [3.63, 3.8) is 0 Å². The Morgan fingerprint density at radius 1 is 1.20 bits per heavy atom. The number of benzene rings is 2. The van der Waals surface area contributed by atoms with Gasteiger partial charge in [-0.3, -0.25) is 0 Å². The lowest BCUT2D eigenvalue weighted by Crippen LogP contribution is -2.12. The third-order valence-corrected chi connectivity index (χ3v) is 4.33. The van der Waals surface area contributed by atoms with Crippen molar-refractivity contribution in [2.45, 2.75) is 11.8 Å². The van der Waals surface area contributed by atoms with Gasteiger partial charge in [0.2, 0.25) is 0 Å². The molecule has 2 nitrogen and oxygen atoms in total. The molecule has 1 aliphatic rings. The summed E-state index contributed by atoms with van der Waals surface area (Å²) in [4.78, 5) is 0. The summed E-state index contributed by atoms with van der Waals surface area (Å²) in [6.45, 7) is 1.25. The van der Waals surface area contributed by atoms with Gasteiger partial charge < -0.3 is 9.47 Å². The molecule has 0 amide bonds. The number of halogens is 2. The Balaban J connectivity index is 1.75. The van der Waals surface area contributed by atoms with Gasteiger partial charge in [0.05, 0.1) is 29.5 Å². The first kappa shape index (κ1) is 13.8. The van der Waals surface area contributed by atoms with Gasteiger partial charge in [0, 0.05) is 11.1 Å². The van der Waals surface area contributed by atoms with Crippen LogP contribution in [0.1, 0.15) is 17.0 Å². The van der Waals surface area contributed by atoms with Crippen LogP contribution in [0.2, 0.25) is 0 Å². The maximum absolute atomic E-state index is 5.99. The van der Waals surface area contributed by atoms with Crippen molar-refractivity contribution in [2.24, 2.45) is 0 Å². The molecule has 2 aromatic rings. The molecule has 0 radical (unpaired) electrons. The lowest BCUT2D eigenvalue weighted by Gasteiger charge is -2.15. The fraction of sp³-hybridized carbons (Fsp3) is 0.250. The maximum Gasteiger partial charge on any atom is 0.137 e. The van der Waals surface area contributed by atoms with Gasteiger partial charge in [0.1, 0.15) is 11.5 Å². The Labute approximate surface area is 131 Å². The summed E-state index contributed by atoms with van der Waals surface area (Å²) in [7, 11) is 0. The number of rotatable bonds is 4. The first-order chi connectivity index (χ1) is 9.79. The summed E-state index contributed by atoms with van der Waals surface area (Å²) in [5, 5.41) is 0. The summed E-state index contributed by atoms with van der Waals surface area (Å²) in [5.74, 6) is 2.49. The number of para-hydroxylation sites is 2. The van der Waals surface area contributed by atoms with E-state index in [1.807, 2.05) is 36.4 Å². The second kappa shape index (κ2) is 6.06. The average Bonchev–Trinajstić information content (AvgIpc) is 2.89. The van der Waals surface area contributed by atoms with Gasteiger partial charge in [0.15, 0.2) is 0 Å². The Hall–Kier alpha value is -1.19. The minimum Gasteiger partial charge on any atom is -0.493 e. The number of alkyl halides is 1. The standard InChI is InChI=1S/C16H14BrClO2/c17-14-6-3-4-11(8-18)16(14)20-10-12-9-19-15-7-2-1-5-13(12)15/h1-7,12H,8-10H2. The van der Waals surface area contributed by atoms with Gasteiger partial charge in [-0.2, -0.15) is 0 Å². The molecule has 0 aromatic heterocycles.